The summed E-state index contributed by atoms with van der Waals surface area (Å²) in [6.07, 6.45) is 0. The van der Waals surface area contributed by atoms with Crippen molar-refractivity contribution in [3.63, 3.8) is 0 Å². The van der Waals surface area contributed by atoms with Crippen LogP contribution in [0.4, 0.5) is 0 Å². The Balaban J connectivity index is 2.18. The molecule has 0 aliphatic carbocycles. The molecule has 0 radical (unpaired) electrons. The van der Waals surface area contributed by atoms with Crippen LogP contribution < -0.4 is 5.32 Å². The molecule has 21 heavy (non-hydrogen) atoms. The summed E-state index contributed by atoms with van der Waals surface area (Å²) >= 11 is 0. The molecule has 0 aromatic heterocycles. The fourth-order valence-corrected chi connectivity index (χ4v) is 2.73. The van der Waals surface area contributed by atoms with Gasteiger partial charge in [0.2, 0.25) is 0 Å². The topological polar surface area (TPSA) is 29.1 Å². The number of hydrogen-bond acceptors (Lipinski definition) is 1. The summed E-state index contributed by atoms with van der Waals surface area (Å²) in [6.45, 7) is 10.2. The van der Waals surface area contributed by atoms with E-state index in [1.807, 2.05) is 39.0 Å². The first-order valence-corrected chi connectivity index (χ1v) is 7.33. The highest BCUT2D eigenvalue weighted by Gasteiger charge is 2.14. The molecule has 0 saturated carbocycles. The predicted octanol–water partition coefficient (Wildman–Crippen LogP) is 4.41. The molecule has 1 amide bonds. The molecule has 1 atom stereocenters. The molecule has 2 aromatic carbocycles. The summed E-state index contributed by atoms with van der Waals surface area (Å²) in [5.41, 5.74) is 6.55. The quantitative estimate of drug-likeness (QED) is 0.887. The lowest BCUT2D eigenvalue weighted by molar-refractivity contribution is 0.0939. The average molecular weight is 281 g/mol. The van der Waals surface area contributed by atoms with Crippen LogP contribution >= 0.6 is 0 Å². The van der Waals surface area contributed by atoms with Gasteiger partial charge in [0.25, 0.3) is 5.91 Å². The van der Waals surface area contributed by atoms with E-state index in [2.05, 4.69) is 37.4 Å². The van der Waals surface area contributed by atoms with Crippen molar-refractivity contribution >= 4 is 5.91 Å². The summed E-state index contributed by atoms with van der Waals surface area (Å²) in [4.78, 5) is 12.4. The first-order chi connectivity index (χ1) is 9.88. The number of carbonyl (C=O) groups is 1. The Morgan fingerprint density at radius 1 is 0.905 bits per heavy atom. The zero-order valence-electron chi connectivity index (χ0n) is 13.4. The molecule has 0 fully saturated rings. The van der Waals surface area contributed by atoms with Crippen LogP contribution in [-0.4, -0.2) is 5.91 Å². The number of hydrogen-bond donors (Lipinski definition) is 1. The van der Waals surface area contributed by atoms with Gasteiger partial charge in [0.05, 0.1) is 6.04 Å². The van der Waals surface area contributed by atoms with Crippen molar-refractivity contribution in [2.45, 2.75) is 40.7 Å². The Kier molecular flexibility index (Phi) is 4.46. The molecule has 0 aliphatic rings. The minimum absolute atomic E-state index is 0.00111. The molecule has 0 heterocycles. The van der Waals surface area contributed by atoms with E-state index in [1.54, 1.807) is 0 Å². The lowest BCUT2D eigenvalue weighted by atomic mass is 9.99. The maximum Gasteiger partial charge on any atom is 0.252 e. The zero-order valence-corrected chi connectivity index (χ0v) is 13.4. The molecule has 2 aromatic rings. The second-order valence-corrected chi connectivity index (χ2v) is 5.87. The third-order valence-electron chi connectivity index (χ3n) is 3.87. The van der Waals surface area contributed by atoms with Crippen molar-refractivity contribution < 1.29 is 4.79 Å². The first kappa shape index (κ1) is 15.3. The van der Waals surface area contributed by atoms with Crippen LogP contribution in [0, 0.1) is 27.7 Å². The summed E-state index contributed by atoms with van der Waals surface area (Å²) in [6, 6.07) is 12.2. The van der Waals surface area contributed by atoms with E-state index in [4.69, 9.17) is 0 Å². The Morgan fingerprint density at radius 3 is 2.05 bits per heavy atom. The van der Waals surface area contributed by atoms with E-state index in [-0.39, 0.29) is 11.9 Å². The standard InChI is InChI=1S/C19H23NO/c1-12-6-8-17(14(3)10-12)16(5)20-19(21)18-9-7-13(2)11-15(18)4/h6-11,16H,1-5H3,(H,20,21)/t16-/m1/s1. The van der Waals surface area contributed by atoms with Gasteiger partial charge in [-0.1, -0.05) is 41.5 Å². The molecule has 0 unspecified atom stereocenters. The van der Waals surface area contributed by atoms with E-state index in [0.717, 1.165) is 11.1 Å². The maximum atomic E-state index is 12.4. The summed E-state index contributed by atoms with van der Waals surface area (Å²) in [7, 11) is 0. The van der Waals surface area contributed by atoms with Gasteiger partial charge in [-0.2, -0.15) is 0 Å². The van der Waals surface area contributed by atoms with E-state index < -0.39 is 0 Å². The first-order valence-electron chi connectivity index (χ1n) is 7.33. The molecule has 2 nitrogen and oxygen atoms in total. The third-order valence-corrected chi connectivity index (χ3v) is 3.87. The highest BCUT2D eigenvalue weighted by atomic mass is 16.1. The molecule has 2 rings (SSSR count). The van der Waals surface area contributed by atoms with Crippen LogP contribution in [0.2, 0.25) is 0 Å². The Bertz CT molecular complexity index is 673. The van der Waals surface area contributed by atoms with E-state index >= 15 is 0 Å². The van der Waals surface area contributed by atoms with Gasteiger partial charge in [-0.25, -0.2) is 0 Å². The van der Waals surface area contributed by atoms with Gasteiger partial charge in [0.15, 0.2) is 0 Å². The fraction of sp³-hybridized carbons (Fsp3) is 0.316. The highest BCUT2D eigenvalue weighted by Crippen LogP contribution is 2.19. The number of amides is 1. The fourth-order valence-electron chi connectivity index (χ4n) is 2.73. The van der Waals surface area contributed by atoms with Gasteiger partial charge in [-0.3, -0.25) is 4.79 Å². The molecule has 2 heteroatoms. The largest absolute Gasteiger partial charge is 0.346 e. The second-order valence-electron chi connectivity index (χ2n) is 5.87. The summed E-state index contributed by atoms with van der Waals surface area (Å²) < 4.78 is 0. The smallest absolute Gasteiger partial charge is 0.252 e. The van der Waals surface area contributed by atoms with Crippen molar-refractivity contribution in [3.8, 4) is 0 Å². The number of benzene rings is 2. The van der Waals surface area contributed by atoms with Crippen molar-refractivity contribution in [2.24, 2.45) is 0 Å². The molecule has 0 bridgehead atoms. The van der Waals surface area contributed by atoms with Crippen LogP contribution in [-0.2, 0) is 0 Å². The lowest BCUT2D eigenvalue weighted by Crippen LogP contribution is -2.27. The normalized spacial score (nSPS) is 12.0. The minimum atomic E-state index is -0.0139. The van der Waals surface area contributed by atoms with Crippen molar-refractivity contribution in [1.29, 1.82) is 0 Å². The average Bonchev–Trinajstić information content (AvgIpc) is 2.37. The number of aryl methyl sites for hydroxylation is 4. The molecule has 0 aliphatic heterocycles. The highest BCUT2D eigenvalue weighted by molar-refractivity contribution is 5.95. The summed E-state index contributed by atoms with van der Waals surface area (Å²) in [5.74, 6) is -0.0139. The molecule has 0 spiro atoms. The number of nitrogens with one attached hydrogen (secondary N) is 1. The third kappa shape index (κ3) is 3.52. The van der Waals surface area contributed by atoms with Crippen LogP contribution in [0.25, 0.3) is 0 Å². The molecule has 0 saturated heterocycles. The summed E-state index contributed by atoms with van der Waals surface area (Å²) in [5, 5.41) is 3.09. The van der Waals surface area contributed by atoms with Crippen LogP contribution in [0.3, 0.4) is 0 Å². The van der Waals surface area contributed by atoms with Gasteiger partial charge in [0.1, 0.15) is 0 Å². The minimum Gasteiger partial charge on any atom is -0.346 e. The van der Waals surface area contributed by atoms with Gasteiger partial charge < -0.3 is 5.32 Å². The van der Waals surface area contributed by atoms with E-state index in [1.165, 1.54) is 22.3 Å². The van der Waals surface area contributed by atoms with E-state index in [9.17, 15) is 4.79 Å². The van der Waals surface area contributed by atoms with Crippen molar-refractivity contribution in [1.82, 2.24) is 5.32 Å². The van der Waals surface area contributed by atoms with Crippen molar-refractivity contribution in [3.05, 3.63) is 69.8 Å². The van der Waals surface area contributed by atoms with Crippen molar-refractivity contribution in [2.75, 3.05) is 0 Å². The number of carbonyl (C=O) groups excluding carboxylic acids is 1. The van der Waals surface area contributed by atoms with Gasteiger partial charge in [-0.15, -0.1) is 0 Å². The Morgan fingerprint density at radius 2 is 1.48 bits per heavy atom. The van der Waals surface area contributed by atoms with Crippen LogP contribution in [0.15, 0.2) is 36.4 Å². The predicted molar refractivity (Wildman–Crippen MR) is 87.7 cm³/mol. The van der Waals surface area contributed by atoms with Gasteiger partial charge in [0, 0.05) is 5.56 Å². The molecule has 110 valence electrons. The second kappa shape index (κ2) is 6.13. The van der Waals surface area contributed by atoms with Gasteiger partial charge >= 0.3 is 0 Å². The van der Waals surface area contributed by atoms with Crippen LogP contribution in [0.5, 0.6) is 0 Å². The Hall–Kier alpha value is -2.09. The van der Waals surface area contributed by atoms with Gasteiger partial charge in [-0.05, 0) is 57.4 Å². The SMILES string of the molecule is Cc1ccc(C(=O)N[C@H](C)c2ccc(C)cc2C)c(C)c1. The molecule has 1 N–H and O–H groups in total. The Labute approximate surface area is 127 Å². The number of rotatable bonds is 3. The molecular weight excluding hydrogens is 258 g/mol. The molecular formula is C19H23NO. The van der Waals surface area contributed by atoms with Crippen LogP contribution in [0.1, 0.15) is 51.1 Å². The zero-order chi connectivity index (χ0) is 15.6. The maximum absolute atomic E-state index is 12.4. The van der Waals surface area contributed by atoms with E-state index in [0.29, 0.717) is 0 Å². The monoisotopic (exact) mass is 281 g/mol. The lowest BCUT2D eigenvalue weighted by Gasteiger charge is -2.18.